The van der Waals surface area contributed by atoms with Crippen LogP contribution in [0.3, 0.4) is 0 Å². The minimum atomic E-state index is -0.0524. The van der Waals surface area contributed by atoms with Crippen LogP contribution in [0.4, 0.5) is 11.4 Å². The molecule has 1 aromatic carbocycles. The van der Waals surface area contributed by atoms with Gasteiger partial charge in [-0.3, -0.25) is 4.79 Å². The Morgan fingerprint density at radius 2 is 2.33 bits per heavy atom. The average Bonchev–Trinajstić information content (AvgIpc) is 2.91. The van der Waals surface area contributed by atoms with E-state index in [4.69, 9.17) is 5.73 Å². The molecule has 0 atom stereocenters. The molecule has 2 aromatic rings. The Balaban J connectivity index is 2.01. The lowest BCUT2D eigenvalue weighted by Crippen LogP contribution is -2.35. The molecule has 4 nitrogen and oxygen atoms in total. The largest absolute Gasteiger partial charge is 0.399 e. The number of nitrogens with zero attached hydrogens (tertiary/aromatic N) is 2. The first-order valence-corrected chi connectivity index (χ1v) is 7.41. The molecule has 92 valence electrons. The number of thiazole rings is 1. The maximum absolute atomic E-state index is 12.4. The van der Waals surface area contributed by atoms with Crippen LogP contribution in [0.25, 0.3) is 0 Å². The molecule has 2 N–H and O–H groups in total. The minimum absolute atomic E-state index is 0.0524. The Morgan fingerprint density at radius 3 is 3.11 bits per heavy atom. The van der Waals surface area contributed by atoms with Crippen molar-refractivity contribution in [2.75, 3.05) is 22.9 Å². The second-order valence-electron chi connectivity index (χ2n) is 3.91. The SMILES string of the molecule is Nc1ccc2c(c1)N(C(=O)c1cscn1)CCS2. The van der Waals surface area contributed by atoms with Crippen molar-refractivity contribution in [1.82, 2.24) is 4.98 Å². The van der Waals surface area contributed by atoms with Crippen molar-refractivity contribution in [2.24, 2.45) is 0 Å². The summed E-state index contributed by atoms with van der Waals surface area (Å²) in [6, 6.07) is 5.68. The van der Waals surface area contributed by atoms with E-state index in [1.165, 1.54) is 11.3 Å². The van der Waals surface area contributed by atoms with Gasteiger partial charge in [-0.1, -0.05) is 0 Å². The number of nitrogens with two attached hydrogens (primary N) is 1. The van der Waals surface area contributed by atoms with Crippen molar-refractivity contribution >= 4 is 40.4 Å². The molecule has 1 amide bonds. The molecule has 0 unspecified atom stereocenters. The summed E-state index contributed by atoms with van der Waals surface area (Å²) in [6.45, 7) is 0.692. The van der Waals surface area contributed by atoms with E-state index >= 15 is 0 Å². The van der Waals surface area contributed by atoms with E-state index in [0.29, 0.717) is 17.9 Å². The number of hydrogen-bond donors (Lipinski definition) is 1. The first-order valence-electron chi connectivity index (χ1n) is 5.48. The number of amides is 1. The molecule has 0 saturated heterocycles. The Morgan fingerprint density at radius 1 is 1.44 bits per heavy atom. The Labute approximate surface area is 113 Å². The zero-order valence-electron chi connectivity index (χ0n) is 9.50. The lowest BCUT2D eigenvalue weighted by Gasteiger charge is -2.28. The van der Waals surface area contributed by atoms with Gasteiger partial charge in [0.2, 0.25) is 0 Å². The van der Waals surface area contributed by atoms with Gasteiger partial charge in [-0.05, 0) is 18.2 Å². The molecule has 6 heteroatoms. The van der Waals surface area contributed by atoms with Crippen molar-refractivity contribution < 1.29 is 4.79 Å². The van der Waals surface area contributed by atoms with Crippen LogP contribution in [0, 0.1) is 0 Å². The molecule has 0 saturated carbocycles. The van der Waals surface area contributed by atoms with Crippen LogP contribution in [0.5, 0.6) is 0 Å². The molecule has 0 radical (unpaired) electrons. The van der Waals surface area contributed by atoms with E-state index in [9.17, 15) is 4.79 Å². The molecule has 1 aliphatic rings. The predicted molar refractivity (Wildman–Crippen MR) is 75.4 cm³/mol. The summed E-state index contributed by atoms with van der Waals surface area (Å²) in [5, 5.41) is 1.77. The first-order chi connectivity index (χ1) is 8.75. The van der Waals surface area contributed by atoms with Gasteiger partial charge in [0.25, 0.3) is 5.91 Å². The molecule has 1 aliphatic heterocycles. The number of carbonyl (C=O) groups is 1. The Bertz CT molecular complexity index is 583. The zero-order valence-corrected chi connectivity index (χ0v) is 11.1. The zero-order chi connectivity index (χ0) is 12.5. The quantitative estimate of drug-likeness (QED) is 0.814. The normalized spacial score (nSPS) is 14.3. The third kappa shape index (κ3) is 1.97. The summed E-state index contributed by atoms with van der Waals surface area (Å²) in [6.07, 6.45) is 0. The second kappa shape index (κ2) is 4.62. The highest BCUT2D eigenvalue weighted by Crippen LogP contribution is 2.36. The molecule has 2 heterocycles. The summed E-state index contributed by atoms with van der Waals surface area (Å²) in [7, 11) is 0. The number of thioether (sulfide) groups is 1. The van der Waals surface area contributed by atoms with Crippen LogP contribution in [-0.4, -0.2) is 23.2 Å². The number of nitrogen functional groups attached to an aromatic ring is 1. The molecular weight excluding hydrogens is 266 g/mol. The van der Waals surface area contributed by atoms with Gasteiger partial charge in [-0.2, -0.15) is 0 Å². The molecule has 1 aromatic heterocycles. The standard InChI is InChI=1S/C12H11N3OS2/c13-8-1-2-11-10(5-8)15(3-4-18-11)12(16)9-6-17-7-14-9/h1-2,5-7H,3-4,13H2. The van der Waals surface area contributed by atoms with Crippen LogP contribution >= 0.6 is 23.1 Å². The van der Waals surface area contributed by atoms with E-state index in [-0.39, 0.29) is 5.91 Å². The average molecular weight is 277 g/mol. The van der Waals surface area contributed by atoms with Crippen molar-refractivity contribution in [1.29, 1.82) is 0 Å². The number of benzene rings is 1. The van der Waals surface area contributed by atoms with Gasteiger partial charge in [0.05, 0.1) is 11.2 Å². The van der Waals surface area contributed by atoms with E-state index in [1.54, 1.807) is 27.6 Å². The van der Waals surface area contributed by atoms with Gasteiger partial charge in [0.1, 0.15) is 5.69 Å². The highest BCUT2D eigenvalue weighted by atomic mass is 32.2. The van der Waals surface area contributed by atoms with Gasteiger partial charge in [-0.15, -0.1) is 23.1 Å². The van der Waals surface area contributed by atoms with Gasteiger partial charge >= 0.3 is 0 Å². The number of aromatic nitrogens is 1. The fourth-order valence-corrected chi connectivity index (χ4v) is 3.40. The van der Waals surface area contributed by atoms with Crippen LogP contribution in [-0.2, 0) is 0 Å². The molecular formula is C12H11N3OS2. The number of carbonyl (C=O) groups excluding carboxylic acids is 1. The summed E-state index contributed by atoms with van der Waals surface area (Å²) in [5.41, 5.74) is 9.54. The fraction of sp³-hybridized carbons (Fsp3) is 0.167. The van der Waals surface area contributed by atoms with Gasteiger partial charge in [0.15, 0.2) is 0 Å². The fourth-order valence-electron chi connectivity index (χ4n) is 1.90. The lowest BCUT2D eigenvalue weighted by molar-refractivity contribution is 0.0983. The van der Waals surface area contributed by atoms with Gasteiger partial charge < -0.3 is 10.6 Å². The topological polar surface area (TPSA) is 59.2 Å². The van der Waals surface area contributed by atoms with E-state index in [1.807, 2.05) is 18.2 Å². The molecule has 0 spiro atoms. The highest BCUT2D eigenvalue weighted by Gasteiger charge is 2.25. The molecule has 18 heavy (non-hydrogen) atoms. The molecule has 0 fully saturated rings. The number of rotatable bonds is 1. The van der Waals surface area contributed by atoms with Gasteiger partial charge in [-0.25, -0.2) is 4.98 Å². The van der Waals surface area contributed by atoms with Crippen molar-refractivity contribution in [3.05, 3.63) is 34.8 Å². The number of fused-ring (bicyclic) bond motifs is 1. The van der Waals surface area contributed by atoms with Gasteiger partial charge in [0, 0.05) is 28.3 Å². The van der Waals surface area contributed by atoms with E-state index in [2.05, 4.69) is 4.98 Å². The summed E-state index contributed by atoms with van der Waals surface area (Å²) in [5.74, 6) is 0.843. The van der Waals surface area contributed by atoms with Crippen molar-refractivity contribution in [3.63, 3.8) is 0 Å². The monoisotopic (exact) mass is 277 g/mol. The number of anilines is 2. The Kier molecular flexibility index (Phi) is 2.97. The van der Waals surface area contributed by atoms with Crippen LogP contribution in [0.1, 0.15) is 10.5 Å². The predicted octanol–water partition coefficient (Wildman–Crippen LogP) is 2.48. The van der Waals surface area contributed by atoms with Crippen molar-refractivity contribution in [2.45, 2.75) is 4.90 Å². The maximum atomic E-state index is 12.4. The third-order valence-corrected chi connectivity index (χ3v) is 4.37. The molecule has 0 bridgehead atoms. The minimum Gasteiger partial charge on any atom is -0.399 e. The van der Waals surface area contributed by atoms with E-state index < -0.39 is 0 Å². The van der Waals surface area contributed by atoms with Crippen LogP contribution in [0.2, 0.25) is 0 Å². The van der Waals surface area contributed by atoms with Crippen LogP contribution < -0.4 is 10.6 Å². The summed E-state index contributed by atoms with van der Waals surface area (Å²) in [4.78, 5) is 19.3. The maximum Gasteiger partial charge on any atom is 0.277 e. The number of hydrogen-bond acceptors (Lipinski definition) is 5. The first kappa shape index (κ1) is 11.6. The van der Waals surface area contributed by atoms with Crippen molar-refractivity contribution in [3.8, 4) is 0 Å². The summed E-state index contributed by atoms with van der Waals surface area (Å²) < 4.78 is 0. The summed E-state index contributed by atoms with van der Waals surface area (Å²) >= 11 is 3.18. The van der Waals surface area contributed by atoms with E-state index in [0.717, 1.165) is 16.3 Å². The van der Waals surface area contributed by atoms with Crippen LogP contribution in [0.15, 0.2) is 34.0 Å². The smallest absolute Gasteiger partial charge is 0.277 e. The Hall–Kier alpha value is -1.53. The third-order valence-electron chi connectivity index (χ3n) is 2.74. The molecule has 0 aliphatic carbocycles. The highest BCUT2D eigenvalue weighted by molar-refractivity contribution is 7.99. The molecule has 3 rings (SSSR count). The lowest BCUT2D eigenvalue weighted by atomic mass is 10.2. The second-order valence-corrected chi connectivity index (χ2v) is 5.76.